The lowest BCUT2D eigenvalue weighted by molar-refractivity contribution is 0.471. The van der Waals surface area contributed by atoms with E-state index in [0.717, 1.165) is 48.5 Å². The Kier molecular flexibility index (Phi) is 5.55. The van der Waals surface area contributed by atoms with Gasteiger partial charge in [0.25, 0.3) is 0 Å². The Morgan fingerprint density at radius 1 is 1.29 bits per heavy atom. The number of unbranched alkanes of at least 4 members (excludes halogenated alkanes) is 1. The molecular formula is C16H25N7S. The van der Waals surface area contributed by atoms with Crippen molar-refractivity contribution in [3.63, 3.8) is 0 Å². The highest BCUT2D eigenvalue weighted by Crippen LogP contribution is 2.29. The molecule has 0 atom stereocenters. The molecule has 0 amide bonds. The number of hydrogen-bond donors (Lipinski definition) is 1. The number of rotatable bonds is 6. The molecule has 1 saturated heterocycles. The van der Waals surface area contributed by atoms with Crippen molar-refractivity contribution in [3.8, 4) is 0 Å². The molecule has 0 unspecified atom stereocenters. The van der Waals surface area contributed by atoms with E-state index >= 15 is 0 Å². The van der Waals surface area contributed by atoms with Crippen LogP contribution in [0.4, 0.5) is 11.6 Å². The third-order valence-corrected chi connectivity index (χ3v) is 5.31. The predicted molar refractivity (Wildman–Crippen MR) is 97.3 cm³/mol. The van der Waals surface area contributed by atoms with Crippen LogP contribution in [0.1, 0.15) is 44.3 Å². The second kappa shape index (κ2) is 7.83. The first-order valence-electron chi connectivity index (χ1n) is 8.53. The highest BCUT2D eigenvalue weighted by atomic mass is 32.2. The van der Waals surface area contributed by atoms with Crippen molar-refractivity contribution in [2.24, 2.45) is 7.05 Å². The highest BCUT2D eigenvalue weighted by molar-refractivity contribution is 7.99. The summed E-state index contributed by atoms with van der Waals surface area (Å²) < 4.78 is 2.02. The SMILES string of the molecule is CCCCSc1nc(N)cc(N2CCC(c3nncn3C)CC2)n1. The van der Waals surface area contributed by atoms with Crippen LogP contribution in [0.5, 0.6) is 0 Å². The Labute approximate surface area is 147 Å². The zero-order chi connectivity index (χ0) is 16.9. The molecule has 7 nitrogen and oxygen atoms in total. The van der Waals surface area contributed by atoms with Gasteiger partial charge in [-0.1, -0.05) is 25.1 Å². The van der Waals surface area contributed by atoms with Crippen LogP contribution in [0.2, 0.25) is 0 Å². The molecule has 8 heteroatoms. The quantitative estimate of drug-likeness (QED) is 0.488. The molecule has 0 saturated carbocycles. The van der Waals surface area contributed by atoms with Crippen molar-refractivity contribution in [1.82, 2.24) is 24.7 Å². The monoisotopic (exact) mass is 347 g/mol. The fourth-order valence-corrected chi connectivity index (χ4v) is 3.94. The van der Waals surface area contributed by atoms with Crippen LogP contribution in [0.15, 0.2) is 17.6 Å². The molecule has 1 fully saturated rings. The van der Waals surface area contributed by atoms with E-state index in [1.54, 1.807) is 18.1 Å². The van der Waals surface area contributed by atoms with Gasteiger partial charge in [-0.3, -0.25) is 0 Å². The van der Waals surface area contributed by atoms with Crippen molar-refractivity contribution in [2.45, 2.75) is 43.7 Å². The van der Waals surface area contributed by atoms with Gasteiger partial charge in [-0.15, -0.1) is 10.2 Å². The maximum Gasteiger partial charge on any atom is 0.191 e. The maximum atomic E-state index is 5.98. The Morgan fingerprint density at radius 3 is 2.75 bits per heavy atom. The van der Waals surface area contributed by atoms with Crippen LogP contribution in [-0.4, -0.2) is 43.6 Å². The molecule has 2 N–H and O–H groups in total. The topological polar surface area (TPSA) is 85.8 Å². The summed E-state index contributed by atoms with van der Waals surface area (Å²) >= 11 is 1.69. The van der Waals surface area contributed by atoms with E-state index in [1.807, 2.05) is 17.7 Å². The predicted octanol–water partition coefficient (Wildman–Crippen LogP) is 2.46. The Bertz CT molecular complexity index is 664. The van der Waals surface area contributed by atoms with Crippen LogP contribution in [0.25, 0.3) is 0 Å². The van der Waals surface area contributed by atoms with Gasteiger partial charge in [0.15, 0.2) is 5.16 Å². The molecule has 0 bridgehead atoms. The second-order valence-corrected chi connectivity index (χ2v) is 7.26. The van der Waals surface area contributed by atoms with Gasteiger partial charge in [0.1, 0.15) is 23.8 Å². The zero-order valence-corrected chi connectivity index (χ0v) is 15.2. The number of thioether (sulfide) groups is 1. The van der Waals surface area contributed by atoms with Gasteiger partial charge in [-0.2, -0.15) is 0 Å². The Morgan fingerprint density at radius 2 is 2.08 bits per heavy atom. The molecule has 3 heterocycles. The molecule has 0 radical (unpaired) electrons. The summed E-state index contributed by atoms with van der Waals surface area (Å²) in [6.07, 6.45) is 6.22. The van der Waals surface area contributed by atoms with Crippen molar-refractivity contribution in [3.05, 3.63) is 18.2 Å². The molecule has 2 aromatic rings. The number of aryl methyl sites for hydroxylation is 1. The molecular weight excluding hydrogens is 322 g/mol. The van der Waals surface area contributed by atoms with Crippen molar-refractivity contribution < 1.29 is 0 Å². The lowest BCUT2D eigenvalue weighted by atomic mass is 9.96. The minimum absolute atomic E-state index is 0.464. The van der Waals surface area contributed by atoms with Crippen LogP contribution in [-0.2, 0) is 7.05 Å². The van der Waals surface area contributed by atoms with Gasteiger partial charge in [0.2, 0.25) is 0 Å². The largest absolute Gasteiger partial charge is 0.383 e. The van der Waals surface area contributed by atoms with E-state index in [9.17, 15) is 0 Å². The molecule has 0 aromatic carbocycles. The second-order valence-electron chi connectivity index (χ2n) is 6.20. The van der Waals surface area contributed by atoms with Crippen LogP contribution in [0, 0.1) is 0 Å². The number of anilines is 2. The summed E-state index contributed by atoms with van der Waals surface area (Å²) in [6, 6.07) is 1.88. The van der Waals surface area contributed by atoms with Crippen molar-refractivity contribution in [1.29, 1.82) is 0 Å². The van der Waals surface area contributed by atoms with Crippen molar-refractivity contribution >= 4 is 23.4 Å². The number of nitrogen functional groups attached to an aromatic ring is 1. The van der Waals surface area contributed by atoms with Crippen LogP contribution >= 0.6 is 11.8 Å². The van der Waals surface area contributed by atoms with Gasteiger partial charge < -0.3 is 15.2 Å². The van der Waals surface area contributed by atoms with Gasteiger partial charge in [0, 0.05) is 37.9 Å². The van der Waals surface area contributed by atoms with E-state index in [4.69, 9.17) is 10.7 Å². The average Bonchev–Trinajstić information content (AvgIpc) is 3.01. The summed E-state index contributed by atoms with van der Waals surface area (Å²) in [5.41, 5.74) is 5.98. The van der Waals surface area contributed by atoms with Gasteiger partial charge in [-0.05, 0) is 19.3 Å². The minimum atomic E-state index is 0.464. The number of hydrogen-bond acceptors (Lipinski definition) is 7. The Hall–Kier alpha value is -1.83. The fraction of sp³-hybridized carbons (Fsp3) is 0.625. The van der Waals surface area contributed by atoms with E-state index in [2.05, 4.69) is 27.0 Å². The van der Waals surface area contributed by atoms with Crippen molar-refractivity contribution in [2.75, 3.05) is 29.5 Å². The van der Waals surface area contributed by atoms with E-state index < -0.39 is 0 Å². The lowest BCUT2D eigenvalue weighted by Crippen LogP contribution is -2.34. The molecule has 0 spiro atoms. The summed E-state index contributed by atoms with van der Waals surface area (Å²) in [5.74, 6) is 4.07. The first-order chi connectivity index (χ1) is 11.7. The third kappa shape index (κ3) is 3.98. The standard InChI is InChI=1S/C16H25N7S/c1-3-4-9-24-16-19-13(17)10-14(20-16)23-7-5-12(6-8-23)15-21-18-11-22(15)2/h10-12H,3-9H2,1-2H3,(H2,17,19,20). The smallest absolute Gasteiger partial charge is 0.191 e. The Balaban J connectivity index is 1.64. The molecule has 1 aliphatic heterocycles. The molecule has 130 valence electrons. The summed E-state index contributed by atoms with van der Waals surface area (Å²) in [7, 11) is 2.01. The minimum Gasteiger partial charge on any atom is -0.383 e. The van der Waals surface area contributed by atoms with Gasteiger partial charge >= 0.3 is 0 Å². The number of piperidine rings is 1. The van der Waals surface area contributed by atoms with Crippen LogP contribution < -0.4 is 10.6 Å². The molecule has 24 heavy (non-hydrogen) atoms. The summed E-state index contributed by atoms with van der Waals surface area (Å²) in [5, 5.41) is 9.03. The molecule has 2 aromatic heterocycles. The van der Waals surface area contributed by atoms with Gasteiger partial charge in [0.05, 0.1) is 0 Å². The first-order valence-corrected chi connectivity index (χ1v) is 9.52. The number of nitrogens with zero attached hydrogens (tertiary/aromatic N) is 6. The molecule has 0 aliphatic carbocycles. The highest BCUT2D eigenvalue weighted by Gasteiger charge is 2.25. The lowest BCUT2D eigenvalue weighted by Gasteiger charge is -2.32. The van der Waals surface area contributed by atoms with E-state index in [-0.39, 0.29) is 0 Å². The average molecular weight is 347 g/mol. The summed E-state index contributed by atoms with van der Waals surface area (Å²) in [4.78, 5) is 11.3. The number of aromatic nitrogens is 5. The molecule has 1 aliphatic rings. The zero-order valence-electron chi connectivity index (χ0n) is 14.4. The summed E-state index contributed by atoms with van der Waals surface area (Å²) in [6.45, 7) is 4.09. The first kappa shape index (κ1) is 17.0. The third-order valence-electron chi connectivity index (χ3n) is 4.37. The van der Waals surface area contributed by atoms with E-state index in [1.165, 1.54) is 12.8 Å². The number of nitrogens with two attached hydrogens (primary N) is 1. The maximum absolute atomic E-state index is 5.98. The van der Waals surface area contributed by atoms with Crippen LogP contribution in [0.3, 0.4) is 0 Å². The van der Waals surface area contributed by atoms with E-state index in [0.29, 0.717) is 11.7 Å². The van der Waals surface area contributed by atoms with Gasteiger partial charge in [-0.25, -0.2) is 9.97 Å². The fourth-order valence-electron chi connectivity index (χ4n) is 2.99. The normalized spacial score (nSPS) is 15.8. The molecule has 3 rings (SSSR count).